The van der Waals surface area contributed by atoms with Gasteiger partial charge in [0.2, 0.25) is 0 Å². The molecule has 8 heteroatoms. The van der Waals surface area contributed by atoms with E-state index in [4.69, 9.17) is 4.74 Å². The zero-order valence-electron chi connectivity index (χ0n) is 19.2. The summed E-state index contributed by atoms with van der Waals surface area (Å²) in [4.78, 5) is 21.0. The minimum absolute atomic E-state index is 0.113. The van der Waals surface area contributed by atoms with Crippen molar-refractivity contribution in [3.8, 4) is 11.4 Å². The maximum atomic E-state index is 13.1. The molecule has 0 amide bonds. The molecule has 2 heterocycles. The predicted molar refractivity (Wildman–Crippen MR) is 133 cm³/mol. The maximum absolute atomic E-state index is 13.1. The van der Waals surface area contributed by atoms with Gasteiger partial charge in [0.05, 0.1) is 7.11 Å². The molecule has 2 aromatic carbocycles. The van der Waals surface area contributed by atoms with Gasteiger partial charge < -0.3 is 9.30 Å². The highest BCUT2D eigenvalue weighted by Gasteiger charge is 2.13. The Kier molecular flexibility index (Phi) is 7.72. The Bertz CT molecular complexity index is 1350. The number of methoxy groups -OCH3 is 1. The Labute approximate surface area is 206 Å². The van der Waals surface area contributed by atoms with Crippen molar-refractivity contribution in [1.29, 1.82) is 0 Å². The molecule has 0 atom stereocenters. The topological polar surface area (TPSA) is 57.0 Å². The molecule has 0 radical (unpaired) electrons. The van der Waals surface area contributed by atoms with E-state index in [9.17, 15) is 13.6 Å². The highest BCUT2D eigenvalue weighted by molar-refractivity contribution is 7.98. The Morgan fingerprint density at radius 1 is 1.09 bits per heavy atom. The molecule has 4 rings (SSSR count). The van der Waals surface area contributed by atoms with Crippen LogP contribution in [0.4, 0.5) is 8.78 Å². The molecule has 0 aliphatic heterocycles. The number of rotatable bonds is 9. The number of allylic oxidation sites excluding steroid dienone is 1. The molecule has 35 heavy (non-hydrogen) atoms. The number of halogens is 2. The zero-order chi connectivity index (χ0) is 24.8. The van der Waals surface area contributed by atoms with Gasteiger partial charge >= 0.3 is 0 Å². The van der Waals surface area contributed by atoms with Gasteiger partial charge in [0, 0.05) is 40.7 Å². The van der Waals surface area contributed by atoms with Gasteiger partial charge in [-0.1, -0.05) is 36.0 Å². The van der Waals surface area contributed by atoms with Crippen molar-refractivity contribution >= 4 is 23.6 Å². The Hall–Kier alpha value is -3.78. The third-order valence-corrected chi connectivity index (χ3v) is 6.09. The van der Waals surface area contributed by atoms with Gasteiger partial charge in [0.15, 0.2) is 10.9 Å². The van der Waals surface area contributed by atoms with E-state index in [1.807, 2.05) is 65.5 Å². The smallest absolute Gasteiger partial charge is 0.280 e. The molecule has 0 saturated carbocycles. The standard InChI is InChI=1S/C27H23F2N3O2S/c1-18-14-23(26(28)29)31-27(30-18)35-17-21-15-19(9-11-25(21)34-2)8-10-24(33)20-6-5-7-22(16-20)32-12-3-4-13-32/h3-16,26H,17H2,1-2H3/b10-8+. The number of nitrogens with zero attached hydrogens (tertiary/aromatic N) is 3. The lowest BCUT2D eigenvalue weighted by atomic mass is 10.1. The molecule has 4 aromatic rings. The third-order valence-electron chi connectivity index (χ3n) is 5.20. The zero-order valence-corrected chi connectivity index (χ0v) is 20.0. The van der Waals surface area contributed by atoms with E-state index in [0.29, 0.717) is 22.8 Å². The Morgan fingerprint density at radius 2 is 1.89 bits per heavy atom. The fraction of sp³-hybridized carbons (Fsp3) is 0.148. The molecule has 178 valence electrons. The normalized spacial score (nSPS) is 11.3. The van der Waals surface area contributed by atoms with Crippen molar-refractivity contribution in [2.24, 2.45) is 0 Å². The van der Waals surface area contributed by atoms with E-state index in [-0.39, 0.29) is 16.6 Å². The number of ether oxygens (including phenoxy) is 1. The van der Waals surface area contributed by atoms with Crippen LogP contribution in [0.3, 0.4) is 0 Å². The molecular formula is C27H23F2N3O2S. The van der Waals surface area contributed by atoms with Crippen LogP contribution >= 0.6 is 11.8 Å². The van der Waals surface area contributed by atoms with Gasteiger partial charge in [-0.25, -0.2) is 18.7 Å². The third kappa shape index (κ3) is 6.22. The summed E-state index contributed by atoms with van der Waals surface area (Å²) in [6.45, 7) is 1.66. The molecule has 2 aromatic heterocycles. The van der Waals surface area contributed by atoms with Gasteiger partial charge in [-0.05, 0) is 61.0 Å². The molecular weight excluding hydrogens is 468 g/mol. The number of alkyl halides is 2. The molecule has 0 aliphatic rings. The van der Waals surface area contributed by atoms with Crippen LogP contribution in [0.2, 0.25) is 0 Å². The minimum Gasteiger partial charge on any atom is -0.496 e. The van der Waals surface area contributed by atoms with Gasteiger partial charge in [-0.15, -0.1) is 0 Å². The number of aromatic nitrogens is 3. The molecule has 0 fully saturated rings. The first-order valence-electron chi connectivity index (χ1n) is 10.8. The maximum Gasteiger partial charge on any atom is 0.280 e. The summed E-state index contributed by atoms with van der Waals surface area (Å²) >= 11 is 1.25. The predicted octanol–water partition coefficient (Wildman–Crippen LogP) is 6.71. The first-order valence-corrected chi connectivity index (χ1v) is 11.8. The Balaban J connectivity index is 1.50. The number of carbonyl (C=O) groups excluding carboxylic acids is 1. The summed E-state index contributed by atoms with van der Waals surface area (Å²) < 4.78 is 33.5. The van der Waals surface area contributed by atoms with Crippen LogP contribution in [-0.4, -0.2) is 27.4 Å². The molecule has 0 unspecified atom stereocenters. The van der Waals surface area contributed by atoms with Crippen molar-refractivity contribution < 1.29 is 18.3 Å². The van der Waals surface area contributed by atoms with E-state index in [2.05, 4.69) is 9.97 Å². The van der Waals surface area contributed by atoms with E-state index in [1.54, 1.807) is 26.2 Å². The van der Waals surface area contributed by atoms with Crippen molar-refractivity contribution in [3.63, 3.8) is 0 Å². The molecule has 0 aliphatic carbocycles. The Morgan fingerprint density at radius 3 is 2.63 bits per heavy atom. The second kappa shape index (κ2) is 11.1. The quantitative estimate of drug-likeness (QED) is 0.113. The highest BCUT2D eigenvalue weighted by Crippen LogP contribution is 2.29. The SMILES string of the molecule is COc1ccc(/C=C/C(=O)c2cccc(-n3cccc3)c2)cc1CSc1nc(C)cc(C(F)F)n1. The number of benzene rings is 2. The average molecular weight is 492 g/mol. The second-order valence-electron chi connectivity index (χ2n) is 7.72. The fourth-order valence-electron chi connectivity index (χ4n) is 3.49. The first-order chi connectivity index (χ1) is 16.9. The van der Waals surface area contributed by atoms with Gasteiger partial charge in [0.25, 0.3) is 6.43 Å². The van der Waals surface area contributed by atoms with Crippen LogP contribution in [0.1, 0.15) is 39.3 Å². The molecule has 0 spiro atoms. The summed E-state index contributed by atoms with van der Waals surface area (Å²) in [7, 11) is 1.57. The number of hydrogen-bond acceptors (Lipinski definition) is 5. The van der Waals surface area contributed by atoms with Crippen LogP contribution in [0.25, 0.3) is 11.8 Å². The summed E-state index contributed by atoms with van der Waals surface area (Å²) in [5, 5.41) is 0.279. The lowest BCUT2D eigenvalue weighted by Gasteiger charge is -2.10. The minimum atomic E-state index is -2.65. The number of thioether (sulfide) groups is 1. The number of ketones is 1. The van der Waals surface area contributed by atoms with Gasteiger partial charge in [-0.2, -0.15) is 0 Å². The summed E-state index contributed by atoms with van der Waals surface area (Å²) in [5.74, 6) is 0.963. The molecule has 5 nitrogen and oxygen atoms in total. The van der Waals surface area contributed by atoms with Crippen molar-refractivity contribution in [2.75, 3.05) is 7.11 Å². The van der Waals surface area contributed by atoms with Crippen molar-refractivity contribution in [1.82, 2.24) is 14.5 Å². The van der Waals surface area contributed by atoms with Crippen LogP contribution in [0.15, 0.2) is 84.3 Å². The van der Waals surface area contributed by atoms with Gasteiger partial charge in [-0.3, -0.25) is 4.79 Å². The summed E-state index contributed by atoms with van der Waals surface area (Å²) in [6, 6.07) is 18.1. The largest absolute Gasteiger partial charge is 0.496 e. The van der Waals surface area contributed by atoms with Gasteiger partial charge in [0.1, 0.15) is 11.4 Å². The number of carbonyl (C=O) groups is 1. The van der Waals surface area contributed by atoms with Crippen LogP contribution < -0.4 is 4.74 Å². The summed E-state index contributed by atoms with van der Waals surface area (Å²) in [6.07, 6.45) is 4.47. The first kappa shape index (κ1) is 24.3. The van der Waals surface area contributed by atoms with E-state index in [1.165, 1.54) is 23.9 Å². The monoisotopic (exact) mass is 491 g/mol. The van der Waals surface area contributed by atoms with Crippen molar-refractivity contribution in [2.45, 2.75) is 24.3 Å². The van der Waals surface area contributed by atoms with Crippen LogP contribution in [0, 0.1) is 6.92 Å². The second-order valence-corrected chi connectivity index (χ2v) is 8.66. The molecule has 0 bridgehead atoms. The fourth-order valence-corrected chi connectivity index (χ4v) is 4.38. The van der Waals surface area contributed by atoms with Crippen LogP contribution in [-0.2, 0) is 5.75 Å². The summed E-state index contributed by atoms with van der Waals surface area (Å²) in [5.41, 5.74) is 3.35. The number of hydrogen-bond donors (Lipinski definition) is 0. The average Bonchev–Trinajstić information content (AvgIpc) is 3.41. The lowest BCUT2D eigenvalue weighted by Crippen LogP contribution is -1.98. The number of aryl methyl sites for hydroxylation is 1. The van der Waals surface area contributed by atoms with Crippen LogP contribution in [0.5, 0.6) is 5.75 Å². The van der Waals surface area contributed by atoms with E-state index < -0.39 is 6.43 Å². The molecule has 0 N–H and O–H groups in total. The van der Waals surface area contributed by atoms with E-state index >= 15 is 0 Å². The van der Waals surface area contributed by atoms with E-state index in [0.717, 1.165) is 16.8 Å². The highest BCUT2D eigenvalue weighted by atomic mass is 32.2. The molecule has 0 saturated heterocycles. The lowest BCUT2D eigenvalue weighted by molar-refractivity contribution is 0.104. The van der Waals surface area contributed by atoms with Crippen molar-refractivity contribution in [3.05, 3.63) is 107 Å².